The first-order valence-electron chi connectivity index (χ1n) is 7.63. The first kappa shape index (κ1) is 36.4. The Morgan fingerprint density at radius 3 is 1.00 bits per heavy atom. The molecule has 0 bridgehead atoms. The van der Waals surface area contributed by atoms with E-state index in [-0.39, 0.29) is 44.1 Å². The van der Waals surface area contributed by atoms with Crippen LogP contribution < -0.4 is 0 Å². The predicted octanol–water partition coefficient (Wildman–Crippen LogP) is 2.43. The van der Waals surface area contributed by atoms with Gasteiger partial charge in [-0.15, -0.1) is 19.3 Å². The van der Waals surface area contributed by atoms with Gasteiger partial charge in [0.25, 0.3) is 0 Å². The van der Waals surface area contributed by atoms with Crippen molar-refractivity contribution in [2.75, 3.05) is 26.9 Å². The average molecular weight is 463 g/mol. The molecule has 0 atom stereocenters. The van der Waals surface area contributed by atoms with E-state index in [0.717, 1.165) is 25.3 Å². The smallest absolute Gasteiger partial charge is 0.465 e. The SMILES string of the molecule is C=CC(=O)OCC[CH2-].C=CC(=O)OCC[CH2-].C=CC(=O)OCC[CH2-].CO.[Zr+3]. The fourth-order valence-corrected chi connectivity index (χ4v) is 0.695. The van der Waals surface area contributed by atoms with Gasteiger partial charge in [0.1, 0.15) is 0 Å². The van der Waals surface area contributed by atoms with Crippen LogP contribution in [0.2, 0.25) is 0 Å². The maximum atomic E-state index is 10.2. The topological polar surface area (TPSA) is 99.1 Å². The summed E-state index contributed by atoms with van der Waals surface area (Å²) in [6.07, 6.45) is 5.24. The zero-order chi connectivity index (χ0) is 21.2. The molecule has 0 saturated heterocycles. The van der Waals surface area contributed by atoms with Crippen LogP contribution in [0.25, 0.3) is 0 Å². The van der Waals surface area contributed by atoms with Crippen LogP contribution in [0.3, 0.4) is 0 Å². The molecule has 0 aliphatic carbocycles. The molecule has 0 saturated carbocycles. The fourth-order valence-electron chi connectivity index (χ4n) is 0.695. The molecular formula is C19H31O7Zr. The molecule has 0 rings (SSSR count). The Morgan fingerprint density at radius 2 is 0.889 bits per heavy atom. The summed E-state index contributed by atoms with van der Waals surface area (Å²) in [5.41, 5.74) is 0. The van der Waals surface area contributed by atoms with Gasteiger partial charge in [0, 0.05) is 25.3 Å². The van der Waals surface area contributed by atoms with Gasteiger partial charge in [-0.25, -0.2) is 14.4 Å². The van der Waals surface area contributed by atoms with Crippen LogP contribution in [0.5, 0.6) is 0 Å². The molecule has 0 aliphatic rings. The molecule has 1 radical (unpaired) electrons. The summed E-state index contributed by atoms with van der Waals surface area (Å²) in [5, 5.41) is 7.00. The molecule has 0 fully saturated rings. The Morgan fingerprint density at radius 1 is 0.704 bits per heavy atom. The normalized spacial score (nSPS) is 7.44. The minimum absolute atomic E-state index is 0. The summed E-state index contributed by atoms with van der Waals surface area (Å²) in [4.78, 5) is 30.6. The molecule has 7 nitrogen and oxygen atoms in total. The number of hydrogen-bond donors (Lipinski definition) is 1. The van der Waals surface area contributed by atoms with Crippen molar-refractivity contribution < 1.29 is 59.9 Å². The van der Waals surface area contributed by atoms with Gasteiger partial charge in [0.2, 0.25) is 0 Å². The van der Waals surface area contributed by atoms with Crippen molar-refractivity contribution >= 4 is 17.9 Å². The number of carbonyl (C=O) groups excluding carboxylic acids is 3. The summed E-state index contributed by atoms with van der Waals surface area (Å²) in [6, 6.07) is 0. The Labute approximate surface area is 182 Å². The quantitative estimate of drug-likeness (QED) is 0.243. The minimum Gasteiger partial charge on any atom is -0.465 e. The van der Waals surface area contributed by atoms with Crippen LogP contribution >= 0.6 is 0 Å². The van der Waals surface area contributed by atoms with Crippen LogP contribution in [0.4, 0.5) is 0 Å². The average Bonchev–Trinajstić information content (AvgIpc) is 2.70. The van der Waals surface area contributed by atoms with E-state index in [1.165, 1.54) is 0 Å². The fraction of sp³-hybridized carbons (Fsp3) is 0.368. The number of rotatable bonds is 9. The third-order valence-electron chi connectivity index (χ3n) is 1.67. The molecule has 8 heteroatoms. The van der Waals surface area contributed by atoms with E-state index in [4.69, 9.17) is 5.11 Å². The van der Waals surface area contributed by atoms with E-state index >= 15 is 0 Å². The molecule has 153 valence electrons. The van der Waals surface area contributed by atoms with Gasteiger partial charge in [-0.3, -0.25) is 0 Å². The van der Waals surface area contributed by atoms with Crippen LogP contribution in [0.15, 0.2) is 38.0 Å². The first-order chi connectivity index (χ1) is 12.4. The van der Waals surface area contributed by atoms with Crippen LogP contribution in [0, 0.1) is 20.8 Å². The van der Waals surface area contributed by atoms with Gasteiger partial charge in [-0.1, -0.05) is 19.7 Å². The van der Waals surface area contributed by atoms with Gasteiger partial charge in [-0.2, -0.15) is 0 Å². The van der Waals surface area contributed by atoms with Gasteiger partial charge in [-0.05, 0) is 0 Å². The number of esters is 3. The molecule has 27 heavy (non-hydrogen) atoms. The molecule has 0 heterocycles. The maximum absolute atomic E-state index is 10.2. The molecular weight excluding hydrogens is 431 g/mol. The molecule has 0 aromatic carbocycles. The number of hydrogen-bond acceptors (Lipinski definition) is 7. The summed E-state index contributed by atoms with van der Waals surface area (Å²) < 4.78 is 13.6. The molecule has 0 spiro atoms. The predicted molar refractivity (Wildman–Crippen MR) is 102 cm³/mol. The van der Waals surface area contributed by atoms with Gasteiger partial charge >= 0.3 is 44.1 Å². The van der Waals surface area contributed by atoms with Crippen LogP contribution in [-0.2, 0) is 54.8 Å². The maximum Gasteiger partial charge on any atom is 3.00 e. The van der Waals surface area contributed by atoms with E-state index in [9.17, 15) is 14.4 Å². The second-order valence-electron chi connectivity index (χ2n) is 3.68. The number of aliphatic hydroxyl groups excluding tert-OH is 1. The Kier molecular flexibility index (Phi) is 47.9. The van der Waals surface area contributed by atoms with Gasteiger partial charge in [0.15, 0.2) is 0 Å². The van der Waals surface area contributed by atoms with Crippen molar-refractivity contribution in [1.29, 1.82) is 0 Å². The summed E-state index contributed by atoms with van der Waals surface area (Å²) >= 11 is 0. The molecule has 0 aromatic heterocycles. The number of ether oxygens (including phenoxy) is 3. The van der Waals surface area contributed by atoms with Crippen LogP contribution in [0.1, 0.15) is 19.3 Å². The summed E-state index contributed by atoms with van der Waals surface area (Å²) in [6.45, 7) is 21.2. The molecule has 0 amide bonds. The number of aliphatic hydroxyl groups is 1. The number of carbonyl (C=O) groups is 3. The molecule has 0 unspecified atom stereocenters. The van der Waals surface area contributed by atoms with Crippen LogP contribution in [-0.4, -0.2) is 49.9 Å². The summed E-state index contributed by atoms with van der Waals surface area (Å²) in [5.74, 6) is -1.14. The molecule has 0 aromatic rings. The first-order valence-corrected chi connectivity index (χ1v) is 7.63. The Hall–Kier alpha value is -1.53. The Balaban J connectivity index is -0.0000000840. The second-order valence-corrected chi connectivity index (χ2v) is 3.68. The second kappa shape index (κ2) is 35.6. The van der Waals surface area contributed by atoms with Crippen molar-refractivity contribution in [3.8, 4) is 0 Å². The van der Waals surface area contributed by atoms with E-state index in [1.807, 2.05) is 0 Å². The zero-order valence-electron chi connectivity index (χ0n) is 16.1. The van der Waals surface area contributed by atoms with Crippen molar-refractivity contribution in [3.05, 3.63) is 58.7 Å². The van der Waals surface area contributed by atoms with Gasteiger partial charge in [0.05, 0.1) is 19.8 Å². The monoisotopic (exact) mass is 461 g/mol. The zero-order valence-corrected chi connectivity index (χ0v) is 18.6. The van der Waals surface area contributed by atoms with Crippen molar-refractivity contribution in [1.82, 2.24) is 0 Å². The third kappa shape index (κ3) is 45.5. The van der Waals surface area contributed by atoms with Crippen molar-refractivity contribution in [2.45, 2.75) is 19.3 Å². The van der Waals surface area contributed by atoms with Gasteiger partial charge < -0.3 is 40.1 Å². The minimum atomic E-state index is -0.381. The van der Waals surface area contributed by atoms with Crippen molar-refractivity contribution in [2.24, 2.45) is 0 Å². The summed E-state index contributed by atoms with van der Waals surface area (Å²) in [7, 11) is 1.00. The van der Waals surface area contributed by atoms with E-state index in [1.54, 1.807) is 0 Å². The molecule has 0 aliphatic heterocycles. The van der Waals surface area contributed by atoms with E-state index in [0.29, 0.717) is 39.1 Å². The standard InChI is InChI=1S/3C6H9O2.CH4O.Zr/c3*1-3-5-8-6(7)4-2;1-2;/h3*4H,1-3,5H2;2H,1H3;/q3*-1;;+3. The molecule has 1 N–H and O–H groups in total. The van der Waals surface area contributed by atoms with E-state index < -0.39 is 0 Å². The third-order valence-corrected chi connectivity index (χ3v) is 1.67. The Bertz CT molecular complexity index is 325. The van der Waals surface area contributed by atoms with E-state index in [2.05, 4.69) is 54.7 Å². The van der Waals surface area contributed by atoms with Crippen molar-refractivity contribution in [3.63, 3.8) is 0 Å². The largest absolute Gasteiger partial charge is 3.00 e.